The lowest BCUT2D eigenvalue weighted by molar-refractivity contribution is -0.0185. The van der Waals surface area contributed by atoms with E-state index in [0.29, 0.717) is 6.10 Å². The Kier molecular flexibility index (Phi) is 10.8. The molecule has 27 heavy (non-hydrogen) atoms. The van der Waals surface area contributed by atoms with Gasteiger partial charge in [0.15, 0.2) is 0 Å². The average Bonchev–Trinajstić information content (AvgIpc) is 2.72. The van der Waals surface area contributed by atoms with Crippen LogP contribution in [0, 0.1) is 28.6 Å². The zero-order chi connectivity index (χ0) is 19.4. The lowest BCUT2D eigenvalue weighted by atomic mass is 9.71. The van der Waals surface area contributed by atoms with Gasteiger partial charge < -0.3 is 4.74 Å². The number of ether oxygens (including phenoxy) is 1. The number of nitriles is 1. The van der Waals surface area contributed by atoms with E-state index in [-0.39, 0.29) is 5.41 Å². The highest BCUT2D eigenvalue weighted by Gasteiger charge is 2.35. The third-order valence-corrected chi connectivity index (χ3v) is 7.39. The highest BCUT2D eigenvalue weighted by Crippen LogP contribution is 2.41. The van der Waals surface area contributed by atoms with Crippen molar-refractivity contribution in [2.24, 2.45) is 17.3 Å². The third-order valence-electron chi connectivity index (χ3n) is 7.39. The van der Waals surface area contributed by atoms with Crippen LogP contribution < -0.4 is 0 Å². The van der Waals surface area contributed by atoms with Gasteiger partial charge in [0.05, 0.1) is 17.6 Å². The molecule has 0 saturated heterocycles. The molecule has 0 aromatic heterocycles. The molecule has 2 fully saturated rings. The second kappa shape index (κ2) is 12.8. The van der Waals surface area contributed by atoms with Gasteiger partial charge in [0.1, 0.15) is 0 Å². The lowest BCUT2D eigenvalue weighted by Gasteiger charge is -2.36. The highest BCUT2D eigenvalue weighted by molar-refractivity contribution is 5.01. The largest absolute Gasteiger partial charge is 0.378 e. The molecule has 0 bridgehead atoms. The van der Waals surface area contributed by atoms with Crippen LogP contribution in [-0.4, -0.2) is 12.7 Å². The summed E-state index contributed by atoms with van der Waals surface area (Å²) in [7, 11) is 0. The van der Waals surface area contributed by atoms with E-state index in [1.165, 1.54) is 77.0 Å². The normalized spacial score (nSPS) is 31.5. The number of hydrogen-bond acceptors (Lipinski definition) is 2. The summed E-state index contributed by atoms with van der Waals surface area (Å²) in [5, 5.41) is 9.69. The number of nitrogens with zero attached hydrogens (tertiary/aromatic N) is 1. The summed E-state index contributed by atoms with van der Waals surface area (Å²) in [5.41, 5.74) is -0.0368. The van der Waals surface area contributed by atoms with Crippen LogP contribution >= 0.6 is 0 Å². The van der Waals surface area contributed by atoms with Crippen LogP contribution in [0.1, 0.15) is 123 Å². The van der Waals surface area contributed by atoms with Crippen molar-refractivity contribution < 1.29 is 4.74 Å². The van der Waals surface area contributed by atoms with Crippen LogP contribution in [-0.2, 0) is 4.74 Å². The quantitative estimate of drug-likeness (QED) is 0.326. The first-order valence-electron chi connectivity index (χ1n) is 12.2. The fourth-order valence-corrected chi connectivity index (χ4v) is 5.26. The van der Waals surface area contributed by atoms with Gasteiger partial charge in [-0.05, 0) is 56.8 Å². The van der Waals surface area contributed by atoms with E-state index in [4.69, 9.17) is 4.74 Å². The molecule has 156 valence electrons. The van der Waals surface area contributed by atoms with E-state index in [9.17, 15) is 5.26 Å². The maximum atomic E-state index is 9.69. The van der Waals surface area contributed by atoms with Crippen molar-refractivity contribution in [3.05, 3.63) is 0 Å². The molecule has 0 unspecified atom stereocenters. The van der Waals surface area contributed by atoms with Crippen molar-refractivity contribution in [2.75, 3.05) is 6.61 Å². The summed E-state index contributed by atoms with van der Waals surface area (Å²) >= 11 is 0. The molecule has 0 N–H and O–H groups in total. The van der Waals surface area contributed by atoms with Gasteiger partial charge in [0.2, 0.25) is 0 Å². The molecule has 2 aliphatic rings. The predicted octanol–water partition coefficient (Wildman–Crippen LogP) is 7.81. The lowest BCUT2D eigenvalue weighted by Crippen LogP contribution is -2.31. The van der Waals surface area contributed by atoms with Crippen molar-refractivity contribution in [1.82, 2.24) is 0 Å². The Morgan fingerprint density at radius 2 is 1.44 bits per heavy atom. The van der Waals surface area contributed by atoms with Gasteiger partial charge in [-0.15, -0.1) is 0 Å². The number of hydrogen-bond donors (Lipinski definition) is 0. The minimum Gasteiger partial charge on any atom is -0.378 e. The Morgan fingerprint density at radius 3 is 2.07 bits per heavy atom. The summed E-state index contributed by atoms with van der Waals surface area (Å²) < 4.78 is 6.32. The molecule has 0 aliphatic heterocycles. The van der Waals surface area contributed by atoms with E-state index < -0.39 is 0 Å². The first-order chi connectivity index (χ1) is 13.2. The Labute approximate surface area is 169 Å². The van der Waals surface area contributed by atoms with Crippen molar-refractivity contribution in [2.45, 2.75) is 129 Å². The SMILES string of the molecule is CCCCCC[C@H]1CC[C@H](CO[C@H]2CC[C@@](C#N)(CCCCC)CC2)CC1. The van der Waals surface area contributed by atoms with E-state index in [2.05, 4.69) is 19.9 Å². The Balaban J connectivity index is 1.57. The fourth-order valence-electron chi connectivity index (χ4n) is 5.26. The van der Waals surface area contributed by atoms with Gasteiger partial charge in [0.25, 0.3) is 0 Å². The number of unbranched alkanes of at least 4 members (excludes halogenated alkanes) is 5. The Bertz CT molecular complexity index is 411. The van der Waals surface area contributed by atoms with Crippen LogP contribution in [0.3, 0.4) is 0 Å². The van der Waals surface area contributed by atoms with Gasteiger partial charge in [0, 0.05) is 6.61 Å². The minimum absolute atomic E-state index is 0.0368. The van der Waals surface area contributed by atoms with Gasteiger partial charge in [-0.2, -0.15) is 5.26 Å². The van der Waals surface area contributed by atoms with Gasteiger partial charge in [-0.25, -0.2) is 0 Å². The first kappa shape index (κ1) is 22.7. The summed E-state index contributed by atoms with van der Waals surface area (Å²) in [6.07, 6.45) is 22.3. The van der Waals surface area contributed by atoms with Gasteiger partial charge >= 0.3 is 0 Å². The van der Waals surface area contributed by atoms with E-state index >= 15 is 0 Å². The Hall–Kier alpha value is -0.550. The molecule has 2 aliphatic carbocycles. The summed E-state index contributed by atoms with van der Waals surface area (Å²) in [6, 6.07) is 2.68. The second-order valence-corrected chi connectivity index (χ2v) is 9.62. The summed E-state index contributed by atoms with van der Waals surface area (Å²) in [4.78, 5) is 0. The molecular weight excluding hydrogens is 330 g/mol. The van der Waals surface area contributed by atoms with E-state index in [0.717, 1.165) is 50.5 Å². The molecule has 2 rings (SSSR count). The molecule has 0 atom stereocenters. The van der Waals surface area contributed by atoms with Crippen LogP contribution in [0.2, 0.25) is 0 Å². The van der Waals surface area contributed by atoms with Crippen LogP contribution in [0.4, 0.5) is 0 Å². The average molecular weight is 376 g/mol. The predicted molar refractivity (Wildman–Crippen MR) is 115 cm³/mol. The molecule has 2 saturated carbocycles. The smallest absolute Gasteiger partial charge is 0.0689 e. The van der Waals surface area contributed by atoms with Gasteiger partial charge in [-0.1, -0.05) is 78.1 Å². The summed E-state index contributed by atoms with van der Waals surface area (Å²) in [6.45, 7) is 5.51. The highest BCUT2D eigenvalue weighted by atomic mass is 16.5. The summed E-state index contributed by atoms with van der Waals surface area (Å²) in [5.74, 6) is 1.79. The molecule has 0 spiro atoms. The molecule has 0 aromatic rings. The zero-order valence-corrected chi connectivity index (χ0v) is 18.3. The zero-order valence-electron chi connectivity index (χ0n) is 18.3. The van der Waals surface area contributed by atoms with E-state index in [1.807, 2.05) is 0 Å². The van der Waals surface area contributed by atoms with Crippen LogP contribution in [0.5, 0.6) is 0 Å². The van der Waals surface area contributed by atoms with E-state index in [1.54, 1.807) is 0 Å². The molecule has 0 amide bonds. The maximum Gasteiger partial charge on any atom is 0.0689 e. The molecule has 0 aromatic carbocycles. The molecule has 0 heterocycles. The Morgan fingerprint density at radius 1 is 0.815 bits per heavy atom. The molecule has 2 heteroatoms. The van der Waals surface area contributed by atoms with Crippen molar-refractivity contribution in [3.63, 3.8) is 0 Å². The van der Waals surface area contributed by atoms with Crippen LogP contribution in [0.15, 0.2) is 0 Å². The van der Waals surface area contributed by atoms with Crippen molar-refractivity contribution >= 4 is 0 Å². The monoisotopic (exact) mass is 375 g/mol. The maximum absolute atomic E-state index is 9.69. The second-order valence-electron chi connectivity index (χ2n) is 9.62. The molecule has 2 nitrogen and oxygen atoms in total. The first-order valence-corrected chi connectivity index (χ1v) is 12.2. The standard InChI is InChI=1S/C25H45NO/c1-3-5-7-8-10-22-11-13-23(14-12-22)20-27-24-15-18-25(21-26,19-16-24)17-9-6-4-2/h22-24H,3-20H2,1-2H3/t22-,23-,24-,25-. The van der Waals surface area contributed by atoms with Crippen molar-refractivity contribution in [3.8, 4) is 6.07 Å². The molecular formula is C25H45NO. The topological polar surface area (TPSA) is 33.0 Å². The molecule has 0 radical (unpaired) electrons. The van der Waals surface area contributed by atoms with Crippen LogP contribution in [0.25, 0.3) is 0 Å². The van der Waals surface area contributed by atoms with Gasteiger partial charge in [-0.3, -0.25) is 0 Å². The van der Waals surface area contributed by atoms with Crippen molar-refractivity contribution in [1.29, 1.82) is 5.26 Å². The minimum atomic E-state index is -0.0368. The number of rotatable bonds is 12. The third kappa shape index (κ3) is 8.15. The fraction of sp³-hybridized carbons (Fsp3) is 0.960.